The molecule has 0 atom stereocenters. The van der Waals surface area contributed by atoms with E-state index in [4.69, 9.17) is 0 Å². The Kier molecular flexibility index (Phi) is 2.48. The van der Waals surface area contributed by atoms with Crippen molar-refractivity contribution in [3.05, 3.63) is 39.1 Å². The number of halogens is 1. The fourth-order valence-electron chi connectivity index (χ4n) is 1.82. The first-order valence-electron chi connectivity index (χ1n) is 5.20. The molecule has 0 radical (unpaired) electrons. The number of benzene rings is 1. The topological polar surface area (TPSA) is 76.5 Å². The molecule has 0 unspecified atom stereocenters. The van der Waals surface area contributed by atoms with E-state index in [2.05, 4.69) is 36.4 Å². The van der Waals surface area contributed by atoms with Gasteiger partial charge in [0.25, 0.3) is 0 Å². The van der Waals surface area contributed by atoms with Gasteiger partial charge in [0, 0.05) is 23.1 Å². The van der Waals surface area contributed by atoms with Crippen LogP contribution in [0.1, 0.15) is 0 Å². The Balaban J connectivity index is 2.34. The molecule has 90 valence electrons. The molecule has 0 saturated heterocycles. The molecule has 3 rings (SSSR count). The van der Waals surface area contributed by atoms with Crippen LogP contribution in [-0.2, 0) is 7.05 Å². The van der Waals surface area contributed by atoms with Gasteiger partial charge in [0.15, 0.2) is 11.3 Å². The van der Waals surface area contributed by atoms with Gasteiger partial charge in [-0.2, -0.15) is 0 Å². The van der Waals surface area contributed by atoms with Crippen molar-refractivity contribution in [2.45, 2.75) is 0 Å². The van der Waals surface area contributed by atoms with Gasteiger partial charge in [0.1, 0.15) is 0 Å². The van der Waals surface area contributed by atoms with Crippen LogP contribution in [0.4, 0.5) is 0 Å². The number of hydrogen-bond acceptors (Lipinski definition) is 4. The van der Waals surface area contributed by atoms with Crippen molar-refractivity contribution in [1.82, 2.24) is 25.2 Å². The van der Waals surface area contributed by atoms with Crippen molar-refractivity contribution < 1.29 is 0 Å². The highest BCUT2D eigenvalue weighted by molar-refractivity contribution is 9.10. The third kappa shape index (κ3) is 1.63. The molecule has 0 spiro atoms. The number of hydrogen-bond donors (Lipinski definition) is 1. The monoisotopic (exact) mass is 305 g/mol. The lowest BCUT2D eigenvalue weighted by molar-refractivity contribution is 0.714. The predicted molar refractivity (Wildman–Crippen MR) is 70.1 cm³/mol. The number of rotatable bonds is 1. The second-order valence-electron chi connectivity index (χ2n) is 3.85. The molecule has 0 saturated carbocycles. The fraction of sp³-hybridized carbons (Fsp3) is 0.0909. The average Bonchev–Trinajstić information content (AvgIpc) is 2.76. The minimum atomic E-state index is -0.0887. The SMILES string of the molecule is Cn1nnnc1-c1c[nH]c2cc(Br)ccc2c1=O. The number of aryl methyl sites for hydroxylation is 1. The molecule has 0 fully saturated rings. The van der Waals surface area contributed by atoms with Crippen molar-refractivity contribution in [3.8, 4) is 11.4 Å². The van der Waals surface area contributed by atoms with E-state index in [9.17, 15) is 4.79 Å². The predicted octanol–water partition coefficient (Wildman–Crippen LogP) is 1.48. The van der Waals surface area contributed by atoms with Crippen LogP contribution in [0.25, 0.3) is 22.3 Å². The number of nitrogens with zero attached hydrogens (tertiary/aromatic N) is 4. The zero-order chi connectivity index (χ0) is 12.7. The molecule has 0 aliphatic rings. The Morgan fingerprint density at radius 2 is 2.22 bits per heavy atom. The summed E-state index contributed by atoms with van der Waals surface area (Å²) < 4.78 is 2.38. The summed E-state index contributed by atoms with van der Waals surface area (Å²) in [6.07, 6.45) is 1.63. The van der Waals surface area contributed by atoms with Crippen LogP contribution >= 0.6 is 15.9 Å². The first-order chi connectivity index (χ1) is 8.66. The molecule has 7 heteroatoms. The Labute approximate surface area is 110 Å². The molecule has 18 heavy (non-hydrogen) atoms. The van der Waals surface area contributed by atoms with Crippen LogP contribution < -0.4 is 5.43 Å². The molecule has 0 aliphatic carbocycles. The maximum absolute atomic E-state index is 12.3. The molecular formula is C11H8BrN5O. The highest BCUT2D eigenvalue weighted by Gasteiger charge is 2.12. The normalized spacial score (nSPS) is 11.0. The molecule has 2 aromatic heterocycles. The summed E-state index contributed by atoms with van der Waals surface area (Å²) >= 11 is 3.37. The minimum absolute atomic E-state index is 0.0887. The number of H-pyrrole nitrogens is 1. The maximum Gasteiger partial charge on any atom is 0.200 e. The van der Waals surface area contributed by atoms with Crippen molar-refractivity contribution in [3.63, 3.8) is 0 Å². The summed E-state index contributed by atoms with van der Waals surface area (Å²) in [6, 6.07) is 5.46. The molecule has 1 N–H and O–H groups in total. The van der Waals surface area contributed by atoms with Gasteiger partial charge in [-0.05, 0) is 28.6 Å². The number of aromatic amines is 1. The van der Waals surface area contributed by atoms with Crippen LogP contribution in [0.5, 0.6) is 0 Å². The molecular weight excluding hydrogens is 298 g/mol. The van der Waals surface area contributed by atoms with Gasteiger partial charge in [-0.3, -0.25) is 4.79 Å². The Bertz CT molecular complexity index is 791. The number of nitrogens with one attached hydrogen (secondary N) is 1. The molecule has 2 heterocycles. The van der Waals surface area contributed by atoms with Crippen LogP contribution in [0, 0.1) is 0 Å². The molecule has 3 aromatic rings. The van der Waals surface area contributed by atoms with Gasteiger partial charge in [0.05, 0.1) is 11.1 Å². The van der Waals surface area contributed by atoms with Gasteiger partial charge in [-0.1, -0.05) is 15.9 Å². The van der Waals surface area contributed by atoms with Crippen molar-refractivity contribution in [2.75, 3.05) is 0 Å². The van der Waals surface area contributed by atoms with Crippen molar-refractivity contribution in [1.29, 1.82) is 0 Å². The standard InChI is InChI=1S/C11H8BrN5O/c1-17-11(14-15-16-17)8-5-13-9-4-6(12)2-3-7(9)10(8)18/h2-5H,1H3,(H,13,18). The van der Waals surface area contributed by atoms with Crippen LogP contribution in [0.15, 0.2) is 33.7 Å². The molecule has 1 aromatic carbocycles. The lowest BCUT2D eigenvalue weighted by atomic mass is 10.1. The summed E-state index contributed by atoms with van der Waals surface area (Å²) in [4.78, 5) is 15.4. The number of fused-ring (bicyclic) bond motifs is 1. The van der Waals surface area contributed by atoms with E-state index in [1.807, 2.05) is 12.1 Å². The second-order valence-corrected chi connectivity index (χ2v) is 4.76. The fourth-order valence-corrected chi connectivity index (χ4v) is 2.18. The Morgan fingerprint density at radius 3 is 2.94 bits per heavy atom. The van der Waals surface area contributed by atoms with Crippen molar-refractivity contribution in [2.24, 2.45) is 7.05 Å². The van der Waals surface area contributed by atoms with Gasteiger partial charge in [-0.15, -0.1) is 5.10 Å². The smallest absolute Gasteiger partial charge is 0.200 e. The first kappa shape index (κ1) is 11.1. The molecule has 0 bridgehead atoms. The van der Waals surface area contributed by atoms with Crippen LogP contribution in [-0.4, -0.2) is 25.2 Å². The van der Waals surface area contributed by atoms with Crippen LogP contribution in [0.3, 0.4) is 0 Å². The Hall–Kier alpha value is -2.02. The quantitative estimate of drug-likeness (QED) is 0.739. The van der Waals surface area contributed by atoms with Gasteiger partial charge in [-0.25, -0.2) is 4.68 Å². The first-order valence-corrected chi connectivity index (χ1v) is 6.00. The van der Waals surface area contributed by atoms with Crippen molar-refractivity contribution >= 4 is 26.8 Å². The van der Waals surface area contributed by atoms with Gasteiger partial charge >= 0.3 is 0 Å². The van der Waals surface area contributed by atoms with E-state index < -0.39 is 0 Å². The van der Waals surface area contributed by atoms with E-state index >= 15 is 0 Å². The number of tetrazole rings is 1. The highest BCUT2D eigenvalue weighted by atomic mass is 79.9. The summed E-state index contributed by atoms with van der Waals surface area (Å²) in [5.41, 5.74) is 1.14. The Morgan fingerprint density at radius 1 is 1.39 bits per heavy atom. The number of pyridine rings is 1. The summed E-state index contributed by atoms with van der Waals surface area (Å²) in [5, 5.41) is 11.7. The second kappa shape index (κ2) is 4.02. The zero-order valence-corrected chi connectivity index (χ0v) is 11.0. The lowest BCUT2D eigenvalue weighted by Crippen LogP contribution is -2.09. The van der Waals surface area contributed by atoms with Gasteiger partial charge in [0.2, 0.25) is 0 Å². The largest absolute Gasteiger partial charge is 0.360 e. The van der Waals surface area contributed by atoms with E-state index in [-0.39, 0.29) is 5.43 Å². The van der Waals surface area contributed by atoms with E-state index in [0.29, 0.717) is 16.8 Å². The van der Waals surface area contributed by atoms with E-state index in [1.165, 1.54) is 4.68 Å². The zero-order valence-electron chi connectivity index (χ0n) is 9.38. The third-order valence-electron chi connectivity index (χ3n) is 2.70. The lowest BCUT2D eigenvalue weighted by Gasteiger charge is -2.02. The molecule has 0 aliphatic heterocycles. The molecule has 0 amide bonds. The minimum Gasteiger partial charge on any atom is -0.360 e. The highest BCUT2D eigenvalue weighted by Crippen LogP contribution is 2.18. The maximum atomic E-state index is 12.3. The number of aromatic nitrogens is 5. The third-order valence-corrected chi connectivity index (χ3v) is 3.20. The van der Waals surface area contributed by atoms with Gasteiger partial charge < -0.3 is 4.98 Å². The summed E-state index contributed by atoms with van der Waals surface area (Å²) in [7, 11) is 1.69. The average molecular weight is 306 g/mol. The molecule has 6 nitrogen and oxygen atoms in total. The van der Waals surface area contributed by atoms with Crippen LogP contribution in [0.2, 0.25) is 0 Å². The summed E-state index contributed by atoms with van der Waals surface area (Å²) in [6.45, 7) is 0. The summed E-state index contributed by atoms with van der Waals surface area (Å²) in [5.74, 6) is 0.445. The van der Waals surface area contributed by atoms with E-state index in [0.717, 1.165) is 9.99 Å². The van der Waals surface area contributed by atoms with E-state index in [1.54, 1.807) is 19.3 Å².